The van der Waals surface area contributed by atoms with Crippen LogP contribution in [-0.4, -0.2) is 62.2 Å². The van der Waals surface area contributed by atoms with E-state index in [1.54, 1.807) is 0 Å². The second-order valence-corrected chi connectivity index (χ2v) is 6.26. The van der Waals surface area contributed by atoms with Crippen molar-refractivity contribution in [2.45, 2.75) is 51.4 Å². The van der Waals surface area contributed by atoms with Crippen LogP contribution in [0.5, 0.6) is 0 Å². The molecule has 0 unspecified atom stereocenters. The van der Waals surface area contributed by atoms with Gasteiger partial charge < -0.3 is 15.1 Å². The SMILES string of the molecule is C(CCN1CCCC1)CNCCCCN1CCCC1. The first-order valence-corrected chi connectivity index (χ1v) is 8.60. The molecule has 0 aromatic carbocycles. The average molecular weight is 267 g/mol. The Morgan fingerprint density at radius 3 is 1.42 bits per heavy atom. The van der Waals surface area contributed by atoms with Gasteiger partial charge in [0.1, 0.15) is 0 Å². The largest absolute Gasteiger partial charge is 0.317 e. The Bertz CT molecular complexity index is 186. The van der Waals surface area contributed by atoms with Gasteiger partial charge in [-0.3, -0.25) is 0 Å². The number of nitrogens with zero attached hydrogens (tertiary/aromatic N) is 2. The molecule has 3 heteroatoms. The summed E-state index contributed by atoms with van der Waals surface area (Å²) in [6.07, 6.45) is 11.2. The van der Waals surface area contributed by atoms with E-state index in [0.29, 0.717) is 0 Å². The second-order valence-electron chi connectivity index (χ2n) is 6.26. The predicted octanol–water partition coefficient (Wildman–Crippen LogP) is 2.33. The Balaban J connectivity index is 1.28. The zero-order valence-electron chi connectivity index (χ0n) is 12.7. The first kappa shape index (κ1) is 15.3. The lowest BCUT2D eigenvalue weighted by Gasteiger charge is -2.15. The summed E-state index contributed by atoms with van der Waals surface area (Å²) in [5, 5.41) is 3.60. The topological polar surface area (TPSA) is 18.5 Å². The van der Waals surface area contributed by atoms with Gasteiger partial charge in [0.25, 0.3) is 0 Å². The van der Waals surface area contributed by atoms with Gasteiger partial charge >= 0.3 is 0 Å². The Morgan fingerprint density at radius 2 is 1.00 bits per heavy atom. The molecular weight excluding hydrogens is 234 g/mol. The van der Waals surface area contributed by atoms with Crippen LogP contribution >= 0.6 is 0 Å². The van der Waals surface area contributed by atoms with Crippen LogP contribution in [0.4, 0.5) is 0 Å². The first-order valence-electron chi connectivity index (χ1n) is 8.60. The van der Waals surface area contributed by atoms with Gasteiger partial charge in [0.05, 0.1) is 0 Å². The molecule has 2 rings (SSSR count). The zero-order valence-corrected chi connectivity index (χ0v) is 12.7. The van der Waals surface area contributed by atoms with Gasteiger partial charge in [0, 0.05) is 0 Å². The summed E-state index contributed by atoms with van der Waals surface area (Å²) >= 11 is 0. The molecule has 2 heterocycles. The van der Waals surface area contributed by atoms with Crippen LogP contribution < -0.4 is 5.32 Å². The fourth-order valence-electron chi connectivity index (χ4n) is 3.31. The molecule has 3 nitrogen and oxygen atoms in total. The van der Waals surface area contributed by atoms with Crippen LogP contribution in [0, 0.1) is 0 Å². The van der Waals surface area contributed by atoms with Crippen molar-refractivity contribution in [3.05, 3.63) is 0 Å². The van der Waals surface area contributed by atoms with E-state index in [1.807, 2.05) is 0 Å². The monoisotopic (exact) mass is 267 g/mol. The van der Waals surface area contributed by atoms with Crippen molar-refractivity contribution in [2.24, 2.45) is 0 Å². The molecule has 0 atom stereocenters. The summed E-state index contributed by atoms with van der Waals surface area (Å²) in [5.41, 5.74) is 0. The molecule has 0 aromatic rings. The van der Waals surface area contributed by atoms with Gasteiger partial charge in [-0.15, -0.1) is 0 Å². The Hall–Kier alpha value is -0.120. The van der Waals surface area contributed by atoms with Crippen molar-refractivity contribution >= 4 is 0 Å². The zero-order chi connectivity index (χ0) is 13.2. The highest BCUT2D eigenvalue weighted by atomic mass is 15.1. The van der Waals surface area contributed by atoms with Gasteiger partial charge in [-0.05, 0) is 104 Å². The molecule has 2 fully saturated rings. The lowest BCUT2D eigenvalue weighted by atomic mass is 10.2. The highest BCUT2D eigenvalue weighted by Crippen LogP contribution is 2.08. The maximum Gasteiger partial charge on any atom is -0.00183 e. The molecule has 0 bridgehead atoms. The molecule has 1 N–H and O–H groups in total. The molecule has 0 aliphatic carbocycles. The molecule has 0 aromatic heterocycles. The van der Waals surface area contributed by atoms with Crippen LogP contribution in [0.1, 0.15) is 51.4 Å². The van der Waals surface area contributed by atoms with Gasteiger partial charge in [-0.1, -0.05) is 0 Å². The number of unbranched alkanes of at least 4 members (excludes halogenated alkanes) is 2. The van der Waals surface area contributed by atoms with Crippen molar-refractivity contribution in [1.82, 2.24) is 15.1 Å². The van der Waals surface area contributed by atoms with Gasteiger partial charge in [0.15, 0.2) is 0 Å². The molecule has 0 saturated carbocycles. The highest BCUT2D eigenvalue weighted by Gasteiger charge is 2.10. The number of rotatable bonds is 10. The number of nitrogens with one attached hydrogen (secondary N) is 1. The summed E-state index contributed by atoms with van der Waals surface area (Å²) in [4.78, 5) is 5.24. The molecule has 19 heavy (non-hydrogen) atoms. The molecular formula is C16H33N3. The fourth-order valence-corrected chi connectivity index (χ4v) is 3.31. The summed E-state index contributed by atoms with van der Waals surface area (Å²) in [6.45, 7) is 10.5. The Kier molecular flexibility index (Phi) is 7.82. The highest BCUT2D eigenvalue weighted by molar-refractivity contribution is 4.67. The Morgan fingerprint density at radius 1 is 0.579 bits per heavy atom. The minimum absolute atomic E-state index is 1.22. The third-order valence-corrected chi connectivity index (χ3v) is 4.55. The summed E-state index contributed by atoms with van der Waals surface area (Å²) in [5.74, 6) is 0. The van der Waals surface area contributed by atoms with Crippen molar-refractivity contribution in [1.29, 1.82) is 0 Å². The van der Waals surface area contributed by atoms with Gasteiger partial charge in [-0.25, -0.2) is 0 Å². The van der Waals surface area contributed by atoms with E-state index in [-0.39, 0.29) is 0 Å². The normalized spacial score (nSPS) is 21.5. The number of hydrogen-bond donors (Lipinski definition) is 1. The van der Waals surface area contributed by atoms with Crippen molar-refractivity contribution in [3.8, 4) is 0 Å². The molecule has 112 valence electrons. The van der Waals surface area contributed by atoms with Gasteiger partial charge in [0.2, 0.25) is 0 Å². The lowest BCUT2D eigenvalue weighted by molar-refractivity contribution is 0.325. The summed E-state index contributed by atoms with van der Waals surface area (Å²) in [6, 6.07) is 0. The fraction of sp³-hybridized carbons (Fsp3) is 1.00. The van der Waals surface area contributed by atoms with E-state index in [4.69, 9.17) is 0 Å². The van der Waals surface area contributed by atoms with Crippen molar-refractivity contribution < 1.29 is 0 Å². The van der Waals surface area contributed by atoms with Crippen LogP contribution in [-0.2, 0) is 0 Å². The van der Waals surface area contributed by atoms with E-state index in [9.17, 15) is 0 Å². The van der Waals surface area contributed by atoms with E-state index in [1.165, 1.54) is 104 Å². The van der Waals surface area contributed by atoms with Gasteiger partial charge in [-0.2, -0.15) is 0 Å². The smallest absolute Gasteiger partial charge is 0.00183 e. The average Bonchev–Trinajstić information content (AvgIpc) is 3.10. The first-order chi connectivity index (χ1) is 9.45. The van der Waals surface area contributed by atoms with E-state index >= 15 is 0 Å². The quantitative estimate of drug-likeness (QED) is 0.613. The van der Waals surface area contributed by atoms with Crippen LogP contribution in [0.15, 0.2) is 0 Å². The van der Waals surface area contributed by atoms with Crippen LogP contribution in [0.2, 0.25) is 0 Å². The van der Waals surface area contributed by atoms with Crippen molar-refractivity contribution in [3.63, 3.8) is 0 Å². The maximum atomic E-state index is 3.60. The van der Waals surface area contributed by atoms with E-state index in [0.717, 1.165) is 0 Å². The Labute approximate surface area is 119 Å². The molecule has 2 aliphatic rings. The molecule has 2 aliphatic heterocycles. The predicted molar refractivity (Wildman–Crippen MR) is 82.7 cm³/mol. The number of likely N-dealkylation sites (tertiary alicyclic amines) is 2. The summed E-state index contributed by atoms with van der Waals surface area (Å²) in [7, 11) is 0. The third kappa shape index (κ3) is 6.73. The van der Waals surface area contributed by atoms with Crippen LogP contribution in [0.3, 0.4) is 0 Å². The number of hydrogen-bond acceptors (Lipinski definition) is 3. The molecule has 2 saturated heterocycles. The molecule has 0 spiro atoms. The second kappa shape index (κ2) is 9.73. The van der Waals surface area contributed by atoms with E-state index in [2.05, 4.69) is 15.1 Å². The lowest BCUT2D eigenvalue weighted by Crippen LogP contribution is -2.24. The molecule has 0 amide bonds. The van der Waals surface area contributed by atoms with E-state index < -0.39 is 0 Å². The minimum atomic E-state index is 1.22. The maximum absolute atomic E-state index is 3.60. The van der Waals surface area contributed by atoms with Crippen LogP contribution in [0.25, 0.3) is 0 Å². The molecule has 0 radical (unpaired) electrons. The standard InChI is InChI=1S/C16H33N3/c1(3-11-18-13-5-6-14-18)9-17-10-2-4-12-19-15-7-8-16-19/h17H,1-16H2. The third-order valence-electron chi connectivity index (χ3n) is 4.55. The minimum Gasteiger partial charge on any atom is -0.317 e. The van der Waals surface area contributed by atoms with Crippen molar-refractivity contribution in [2.75, 3.05) is 52.4 Å². The summed E-state index contributed by atoms with van der Waals surface area (Å²) < 4.78 is 0.